The van der Waals surface area contributed by atoms with Gasteiger partial charge >= 0.3 is 0 Å². The van der Waals surface area contributed by atoms with Crippen molar-refractivity contribution in [1.82, 2.24) is 15.5 Å². The van der Waals surface area contributed by atoms with E-state index < -0.39 is 5.92 Å². The van der Waals surface area contributed by atoms with Crippen molar-refractivity contribution in [3.8, 4) is 0 Å². The van der Waals surface area contributed by atoms with Crippen LogP contribution in [0.2, 0.25) is 0 Å². The molecule has 2 atom stereocenters. The number of carbonyl (C=O) groups is 1. The number of nitrogens with zero attached hydrogens (tertiary/aromatic N) is 3. The first-order valence-corrected chi connectivity index (χ1v) is 12.4. The van der Waals surface area contributed by atoms with Crippen LogP contribution in [-0.2, 0) is 10.7 Å². The molecule has 0 aliphatic carbocycles. The van der Waals surface area contributed by atoms with Gasteiger partial charge in [-0.2, -0.15) is 0 Å². The van der Waals surface area contributed by atoms with Crippen molar-refractivity contribution in [3.05, 3.63) is 52.9 Å². The van der Waals surface area contributed by atoms with E-state index in [0.29, 0.717) is 23.8 Å². The Bertz CT molecular complexity index is 995. The lowest BCUT2D eigenvalue weighted by Gasteiger charge is -2.30. The number of aliphatic imine (C=N–C) groups is 2. The first-order valence-electron chi connectivity index (χ1n) is 12.4. The number of nitrogens with one attached hydrogen (secondary N) is 3. The molecule has 0 aromatic heterocycles. The molecule has 0 bridgehead atoms. The van der Waals surface area contributed by atoms with Crippen molar-refractivity contribution in [3.63, 3.8) is 0 Å². The summed E-state index contributed by atoms with van der Waals surface area (Å²) in [5, 5.41) is 9.03. The van der Waals surface area contributed by atoms with Gasteiger partial charge in [0.25, 0.3) is 5.92 Å². The molecular weight excluding hydrogens is 462 g/mol. The molecule has 7 nitrogen and oxygen atoms in total. The molecule has 1 aliphatic heterocycles. The summed E-state index contributed by atoms with van der Waals surface area (Å²) in [6.45, 7) is 14.0. The van der Waals surface area contributed by atoms with Gasteiger partial charge in [0.2, 0.25) is 11.9 Å². The highest BCUT2D eigenvalue weighted by atomic mass is 19.3. The number of alkyl halides is 2. The molecule has 1 aliphatic rings. The van der Waals surface area contributed by atoms with Gasteiger partial charge in [-0.3, -0.25) is 9.69 Å². The third-order valence-corrected chi connectivity index (χ3v) is 6.18. The normalized spacial score (nSPS) is 17.1. The first-order chi connectivity index (χ1) is 17.0. The van der Waals surface area contributed by atoms with Gasteiger partial charge in [0.1, 0.15) is 0 Å². The number of anilines is 1. The maximum atomic E-state index is 13.5. The van der Waals surface area contributed by atoms with Gasteiger partial charge in [0.15, 0.2) is 0 Å². The molecule has 0 fully saturated rings. The van der Waals surface area contributed by atoms with Crippen LogP contribution in [-0.4, -0.2) is 55.7 Å². The number of benzene rings is 1. The van der Waals surface area contributed by atoms with Crippen LogP contribution in [0.25, 0.3) is 0 Å². The molecule has 2 rings (SSSR count). The molecule has 3 N–H and O–H groups in total. The highest BCUT2D eigenvalue weighted by Crippen LogP contribution is 2.28. The van der Waals surface area contributed by atoms with Crippen molar-refractivity contribution in [2.45, 2.75) is 71.9 Å². The molecule has 9 heteroatoms. The summed E-state index contributed by atoms with van der Waals surface area (Å²) >= 11 is 0. The molecule has 1 aromatic carbocycles. The Balaban J connectivity index is 2.06. The van der Waals surface area contributed by atoms with Gasteiger partial charge < -0.3 is 16.0 Å². The lowest BCUT2D eigenvalue weighted by molar-refractivity contribution is -0.118. The number of amides is 1. The second kappa shape index (κ2) is 13.3. The van der Waals surface area contributed by atoms with Crippen molar-refractivity contribution < 1.29 is 13.6 Å². The fourth-order valence-electron chi connectivity index (χ4n) is 4.24. The second-order valence-electron chi connectivity index (χ2n) is 9.48. The van der Waals surface area contributed by atoms with Crippen LogP contribution >= 0.6 is 0 Å². The minimum Gasteiger partial charge on any atom is -0.394 e. The van der Waals surface area contributed by atoms with Gasteiger partial charge in [-0.1, -0.05) is 25.5 Å². The minimum atomic E-state index is -2.89. The zero-order chi connectivity index (χ0) is 26.9. The Labute approximate surface area is 213 Å². The van der Waals surface area contributed by atoms with Crippen LogP contribution in [0.3, 0.4) is 0 Å². The number of carbonyl (C=O) groups excluding carboxylic acids is 1. The van der Waals surface area contributed by atoms with E-state index in [1.54, 1.807) is 32.3 Å². The summed E-state index contributed by atoms with van der Waals surface area (Å²) in [6, 6.07) is 6.24. The van der Waals surface area contributed by atoms with Crippen molar-refractivity contribution in [1.29, 1.82) is 0 Å². The number of hydrogen-bond acceptors (Lipinski definition) is 4. The van der Waals surface area contributed by atoms with Crippen LogP contribution in [0, 0.1) is 0 Å². The topological polar surface area (TPSA) is 81.1 Å². The average Bonchev–Trinajstić information content (AvgIpc) is 3.18. The van der Waals surface area contributed by atoms with E-state index in [9.17, 15) is 13.6 Å². The van der Waals surface area contributed by atoms with E-state index in [1.807, 2.05) is 6.92 Å². The van der Waals surface area contributed by atoms with Crippen LogP contribution in [0.5, 0.6) is 0 Å². The molecular formula is C27H40F2N6O. The Morgan fingerprint density at radius 1 is 1.28 bits per heavy atom. The third kappa shape index (κ3) is 8.55. The van der Waals surface area contributed by atoms with E-state index in [1.165, 1.54) is 12.1 Å². The fourth-order valence-corrected chi connectivity index (χ4v) is 4.24. The molecule has 0 spiro atoms. The number of hydrogen-bond donors (Lipinski definition) is 3. The Morgan fingerprint density at radius 2 is 1.94 bits per heavy atom. The highest BCUT2D eigenvalue weighted by molar-refractivity contribution is 5.97. The zero-order valence-corrected chi connectivity index (χ0v) is 22.3. The minimum absolute atomic E-state index is 0.0210. The molecule has 0 radical (unpaired) electrons. The Morgan fingerprint density at radius 3 is 2.50 bits per heavy atom. The molecule has 1 heterocycles. The van der Waals surface area contributed by atoms with Crippen molar-refractivity contribution >= 4 is 24.3 Å². The van der Waals surface area contributed by atoms with E-state index in [2.05, 4.69) is 51.4 Å². The Hall–Kier alpha value is -3.07. The third-order valence-electron chi connectivity index (χ3n) is 6.18. The van der Waals surface area contributed by atoms with Gasteiger partial charge in [-0.15, -0.1) is 0 Å². The van der Waals surface area contributed by atoms with Gasteiger partial charge in [0.05, 0.1) is 5.70 Å². The summed E-state index contributed by atoms with van der Waals surface area (Å²) in [4.78, 5) is 23.4. The highest BCUT2D eigenvalue weighted by Gasteiger charge is 2.28. The summed E-state index contributed by atoms with van der Waals surface area (Å²) < 4.78 is 27.0. The number of rotatable bonds is 11. The molecule has 36 heavy (non-hydrogen) atoms. The van der Waals surface area contributed by atoms with Crippen molar-refractivity contribution in [2.24, 2.45) is 9.98 Å². The number of halogens is 2. The maximum absolute atomic E-state index is 13.5. The monoisotopic (exact) mass is 502 g/mol. The lowest BCUT2D eigenvalue weighted by Crippen LogP contribution is -2.41. The van der Waals surface area contributed by atoms with E-state index in [4.69, 9.17) is 0 Å². The summed E-state index contributed by atoms with van der Waals surface area (Å²) in [7, 11) is 1.77. The van der Waals surface area contributed by atoms with Crippen molar-refractivity contribution in [2.75, 3.05) is 25.5 Å². The smallest absolute Gasteiger partial charge is 0.270 e. The molecule has 1 aromatic rings. The maximum Gasteiger partial charge on any atom is 0.270 e. The summed E-state index contributed by atoms with van der Waals surface area (Å²) in [5.74, 6) is -2.64. The van der Waals surface area contributed by atoms with E-state index >= 15 is 0 Å². The zero-order valence-electron chi connectivity index (χ0n) is 22.3. The molecule has 198 valence electrons. The Kier molecular flexibility index (Phi) is 10.8. The van der Waals surface area contributed by atoms with Crippen LogP contribution < -0.4 is 16.0 Å². The molecule has 0 saturated heterocycles. The van der Waals surface area contributed by atoms with Gasteiger partial charge in [0, 0.05) is 62.2 Å². The fraction of sp³-hybridized carbons (Fsp3) is 0.519. The van der Waals surface area contributed by atoms with Crippen LogP contribution in [0.15, 0.2) is 57.3 Å². The standard InChI is InChI=1S/C27H40F2N6O/c1-8-9-23(14-20(4)32-25(36)18(2)15-30-6)35-16-19(3)24(17-35)34-26(31-7)33-22-12-10-21(11-13-22)27(5,28)29/h10-13,15,20,23,30H,7-9,14,16-17H2,1-6H3,(H,32,36)(H,33,34)/b18-15+/t20-,23?/m1/s1. The molecule has 0 saturated carbocycles. The SMILES string of the molecule is C=NC(=NC1=C(C)CN(C(CCC)C[C@@H](C)NC(=O)/C(C)=C/NC)C1)Nc1ccc(C(C)(F)F)cc1. The van der Waals surface area contributed by atoms with Gasteiger partial charge in [-0.25, -0.2) is 18.8 Å². The molecule has 1 amide bonds. The largest absolute Gasteiger partial charge is 0.394 e. The lowest BCUT2D eigenvalue weighted by atomic mass is 10.0. The first kappa shape index (κ1) is 29.2. The summed E-state index contributed by atoms with van der Waals surface area (Å²) in [5.41, 5.74) is 3.25. The van der Waals surface area contributed by atoms with Gasteiger partial charge in [-0.05, 0) is 58.0 Å². The van der Waals surface area contributed by atoms with Crippen LogP contribution in [0.4, 0.5) is 14.5 Å². The second-order valence-corrected chi connectivity index (χ2v) is 9.48. The summed E-state index contributed by atoms with van der Waals surface area (Å²) in [6.07, 6.45) is 4.56. The van der Waals surface area contributed by atoms with E-state index in [-0.39, 0.29) is 23.6 Å². The molecule has 1 unspecified atom stereocenters. The van der Waals surface area contributed by atoms with E-state index in [0.717, 1.165) is 44.0 Å². The average molecular weight is 503 g/mol. The van der Waals surface area contributed by atoms with Crippen LogP contribution in [0.1, 0.15) is 59.4 Å². The predicted molar refractivity (Wildman–Crippen MR) is 145 cm³/mol. The quantitative estimate of drug-likeness (QED) is 0.225. The number of guanidine groups is 1. The predicted octanol–water partition coefficient (Wildman–Crippen LogP) is 5.04.